The zero-order valence-electron chi connectivity index (χ0n) is 29.4. The Labute approximate surface area is 307 Å². The van der Waals surface area contributed by atoms with Gasteiger partial charge >= 0.3 is 0 Å². The fourth-order valence-corrected chi connectivity index (χ4v) is 7.10. The molecule has 10 nitrogen and oxygen atoms in total. The molecule has 1 aromatic heterocycles. The predicted octanol–water partition coefficient (Wildman–Crippen LogP) is 6.09. The highest BCUT2D eigenvalue weighted by Gasteiger charge is 2.62. The molecule has 11 heteroatoms. The van der Waals surface area contributed by atoms with Crippen LogP contribution in [0.1, 0.15) is 42.8 Å². The number of rotatable bonds is 13. The first-order valence-corrected chi connectivity index (χ1v) is 17.6. The van der Waals surface area contributed by atoms with Gasteiger partial charge in [0.05, 0.1) is 24.0 Å². The lowest BCUT2D eigenvalue weighted by atomic mass is 10.0. The van der Waals surface area contributed by atoms with E-state index in [1.165, 1.54) is 4.90 Å². The molecular formula is C41H40N4O6S. The standard InChI is InChI=1S/C41H40N4O6S/c1-44(29-15-19-31(50-3)20-16-29)39(48)34(25-27-11-7-5-8-12-27)42-37(46)35-23-24-36(52-35)38(47)43-41(26-33(41)28-13-9-6-10-14-28)40(49)45(2)30-17-21-32(51-4)22-18-30/h5-24,33-34H,25-26H2,1-4H3,(H,42,46)(H,43,47)/t33?,34-,41+/m0/s1. The van der Waals surface area contributed by atoms with E-state index in [9.17, 15) is 19.2 Å². The van der Waals surface area contributed by atoms with Crippen molar-refractivity contribution in [3.8, 4) is 11.5 Å². The Morgan fingerprint density at radius 2 is 1.23 bits per heavy atom. The van der Waals surface area contributed by atoms with E-state index in [4.69, 9.17) is 9.47 Å². The summed E-state index contributed by atoms with van der Waals surface area (Å²) in [6.07, 6.45) is 0.684. The minimum absolute atomic E-state index is 0.235. The van der Waals surface area contributed by atoms with Crippen LogP contribution in [0.3, 0.4) is 0 Å². The van der Waals surface area contributed by atoms with E-state index in [2.05, 4.69) is 10.6 Å². The molecule has 52 heavy (non-hydrogen) atoms. The highest BCUT2D eigenvalue weighted by Crippen LogP contribution is 2.53. The lowest BCUT2D eigenvalue weighted by Crippen LogP contribution is -2.50. The van der Waals surface area contributed by atoms with Gasteiger partial charge in [0.15, 0.2) is 0 Å². The Hall–Kier alpha value is -5.94. The van der Waals surface area contributed by atoms with Crippen LogP contribution in [0.5, 0.6) is 11.5 Å². The summed E-state index contributed by atoms with van der Waals surface area (Å²) >= 11 is 1.00. The minimum atomic E-state index is -1.18. The zero-order valence-corrected chi connectivity index (χ0v) is 30.2. The van der Waals surface area contributed by atoms with E-state index in [0.717, 1.165) is 22.5 Å². The normalized spacial score (nSPS) is 16.6. The molecule has 3 atom stereocenters. The largest absolute Gasteiger partial charge is 0.497 e. The van der Waals surface area contributed by atoms with E-state index in [1.54, 1.807) is 93.9 Å². The van der Waals surface area contributed by atoms with Crippen molar-refractivity contribution in [2.45, 2.75) is 30.3 Å². The van der Waals surface area contributed by atoms with E-state index in [-0.39, 0.29) is 33.9 Å². The molecule has 0 spiro atoms. The Morgan fingerprint density at radius 3 is 1.79 bits per heavy atom. The van der Waals surface area contributed by atoms with Gasteiger partial charge in [-0.25, -0.2) is 0 Å². The van der Waals surface area contributed by atoms with Gasteiger partial charge in [-0.1, -0.05) is 60.7 Å². The van der Waals surface area contributed by atoms with Gasteiger partial charge in [-0.2, -0.15) is 0 Å². The first kappa shape index (κ1) is 35.9. The highest BCUT2D eigenvalue weighted by molar-refractivity contribution is 7.16. The smallest absolute Gasteiger partial charge is 0.262 e. The second-order valence-corrected chi connectivity index (χ2v) is 13.7. The van der Waals surface area contributed by atoms with E-state index in [1.807, 2.05) is 60.7 Å². The van der Waals surface area contributed by atoms with Crippen LogP contribution >= 0.6 is 11.3 Å². The fraction of sp³-hybridized carbons (Fsp3) is 0.220. The van der Waals surface area contributed by atoms with Crippen LogP contribution in [-0.4, -0.2) is 63.5 Å². The molecule has 2 N–H and O–H groups in total. The predicted molar refractivity (Wildman–Crippen MR) is 203 cm³/mol. The summed E-state index contributed by atoms with van der Waals surface area (Å²) < 4.78 is 10.5. The number of nitrogens with one attached hydrogen (secondary N) is 2. The van der Waals surface area contributed by atoms with Crippen molar-refractivity contribution >= 4 is 46.3 Å². The molecule has 1 aliphatic carbocycles. The second kappa shape index (κ2) is 15.5. The van der Waals surface area contributed by atoms with Crippen LogP contribution in [0.2, 0.25) is 0 Å². The number of amides is 4. The van der Waals surface area contributed by atoms with Crippen LogP contribution in [0.4, 0.5) is 11.4 Å². The van der Waals surface area contributed by atoms with Crippen molar-refractivity contribution in [1.82, 2.24) is 10.6 Å². The molecule has 1 unspecified atom stereocenters. The number of likely N-dealkylation sites (N-methyl/N-ethyl adjacent to an activating group) is 2. The maximum absolute atomic E-state index is 14.1. The number of ether oxygens (including phenoxy) is 2. The van der Waals surface area contributed by atoms with Crippen LogP contribution < -0.4 is 29.9 Å². The van der Waals surface area contributed by atoms with Crippen LogP contribution in [0, 0.1) is 0 Å². The van der Waals surface area contributed by atoms with Gasteiger partial charge in [0.1, 0.15) is 23.1 Å². The fourth-order valence-electron chi connectivity index (χ4n) is 6.29. The molecule has 4 amide bonds. The first-order valence-electron chi connectivity index (χ1n) is 16.8. The highest BCUT2D eigenvalue weighted by atomic mass is 32.1. The van der Waals surface area contributed by atoms with Crippen molar-refractivity contribution in [2.24, 2.45) is 0 Å². The number of thiophene rings is 1. The van der Waals surface area contributed by atoms with Crippen molar-refractivity contribution < 1.29 is 28.7 Å². The molecule has 0 radical (unpaired) electrons. The average Bonchev–Trinajstić information content (AvgIpc) is 3.69. The van der Waals surface area contributed by atoms with Gasteiger partial charge < -0.3 is 29.9 Å². The molecule has 1 aliphatic rings. The zero-order chi connectivity index (χ0) is 36.8. The van der Waals surface area contributed by atoms with Crippen LogP contribution in [0.25, 0.3) is 0 Å². The van der Waals surface area contributed by atoms with E-state index in [0.29, 0.717) is 29.3 Å². The molecule has 0 saturated heterocycles. The van der Waals surface area contributed by atoms with Crippen molar-refractivity contribution in [3.05, 3.63) is 142 Å². The number of methoxy groups -OCH3 is 2. The Bertz CT molecular complexity index is 2040. The SMILES string of the molecule is COc1ccc(N(C)C(=O)[C@H](Cc2ccccc2)NC(=O)c2ccc(C(=O)N[C@]3(C(=O)N(C)c4ccc(OC)cc4)CC3c3ccccc3)s2)cc1. The topological polar surface area (TPSA) is 117 Å². The monoisotopic (exact) mass is 716 g/mol. The summed E-state index contributed by atoms with van der Waals surface area (Å²) in [5, 5.41) is 5.95. The van der Waals surface area contributed by atoms with Gasteiger partial charge in [0, 0.05) is 37.8 Å². The van der Waals surface area contributed by atoms with E-state index < -0.39 is 23.4 Å². The molecule has 1 saturated carbocycles. The number of carbonyl (C=O) groups excluding carboxylic acids is 4. The number of hydrogen-bond acceptors (Lipinski definition) is 7. The third kappa shape index (κ3) is 7.69. The summed E-state index contributed by atoms with van der Waals surface area (Å²) in [4.78, 5) is 59.1. The minimum Gasteiger partial charge on any atom is -0.497 e. The number of carbonyl (C=O) groups is 4. The third-order valence-electron chi connectivity index (χ3n) is 9.38. The van der Waals surface area contributed by atoms with Gasteiger partial charge in [0.25, 0.3) is 17.7 Å². The lowest BCUT2D eigenvalue weighted by Gasteiger charge is -2.26. The van der Waals surface area contributed by atoms with Crippen LogP contribution in [0.15, 0.2) is 121 Å². The lowest BCUT2D eigenvalue weighted by molar-refractivity contribution is -0.121. The number of benzene rings is 4. The molecular weight excluding hydrogens is 677 g/mol. The Kier molecular flexibility index (Phi) is 10.7. The summed E-state index contributed by atoms with van der Waals surface area (Å²) in [7, 11) is 6.49. The second-order valence-electron chi connectivity index (χ2n) is 12.6. The molecule has 0 aliphatic heterocycles. The van der Waals surface area contributed by atoms with Gasteiger partial charge in [-0.15, -0.1) is 11.3 Å². The van der Waals surface area contributed by atoms with Gasteiger partial charge in [-0.3, -0.25) is 19.2 Å². The van der Waals surface area contributed by atoms with Gasteiger partial charge in [0.2, 0.25) is 5.91 Å². The summed E-state index contributed by atoms with van der Waals surface area (Å²) in [6, 6.07) is 35.5. The molecule has 6 rings (SSSR count). The van der Waals surface area contributed by atoms with Gasteiger partial charge in [-0.05, 0) is 78.2 Å². The first-order chi connectivity index (χ1) is 25.1. The van der Waals surface area contributed by atoms with E-state index >= 15 is 0 Å². The Balaban J connectivity index is 1.20. The number of nitrogens with zero attached hydrogens (tertiary/aromatic N) is 2. The summed E-state index contributed by atoms with van der Waals surface area (Å²) in [6.45, 7) is 0. The van der Waals surface area contributed by atoms with Crippen molar-refractivity contribution in [1.29, 1.82) is 0 Å². The quantitative estimate of drug-likeness (QED) is 0.152. The third-order valence-corrected chi connectivity index (χ3v) is 10.5. The Morgan fingerprint density at radius 1 is 0.712 bits per heavy atom. The van der Waals surface area contributed by atoms with Crippen molar-refractivity contribution in [3.63, 3.8) is 0 Å². The van der Waals surface area contributed by atoms with Crippen molar-refractivity contribution in [2.75, 3.05) is 38.1 Å². The molecule has 0 bridgehead atoms. The maximum Gasteiger partial charge on any atom is 0.262 e. The number of anilines is 2. The molecule has 1 fully saturated rings. The summed E-state index contributed by atoms with van der Waals surface area (Å²) in [5.74, 6) is -0.417. The number of hydrogen-bond donors (Lipinski definition) is 2. The molecule has 4 aromatic carbocycles. The van der Waals surface area contributed by atoms with Crippen LogP contribution in [-0.2, 0) is 16.0 Å². The maximum atomic E-state index is 14.1. The molecule has 1 heterocycles. The molecule has 266 valence electrons. The average molecular weight is 717 g/mol. The molecule has 5 aromatic rings. The summed E-state index contributed by atoms with van der Waals surface area (Å²) in [5.41, 5.74) is 1.94.